The van der Waals surface area contributed by atoms with Gasteiger partial charge in [0.2, 0.25) is 0 Å². The monoisotopic (exact) mass is 291 g/mol. The lowest BCUT2D eigenvalue weighted by atomic mass is 10.1. The summed E-state index contributed by atoms with van der Waals surface area (Å²) >= 11 is 0. The molecule has 108 valence electrons. The highest BCUT2D eigenvalue weighted by atomic mass is 19.4. The summed E-state index contributed by atoms with van der Waals surface area (Å²) in [7, 11) is 0. The van der Waals surface area contributed by atoms with Crippen molar-refractivity contribution in [2.45, 2.75) is 19.1 Å². The number of benzene rings is 1. The second-order valence-electron chi connectivity index (χ2n) is 4.49. The molecule has 0 spiro atoms. The van der Waals surface area contributed by atoms with E-state index in [0.29, 0.717) is 11.4 Å². The molecule has 1 heterocycles. The van der Waals surface area contributed by atoms with Crippen molar-refractivity contribution in [3.63, 3.8) is 0 Å². The summed E-state index contributed by atoms with van der Waals surface area (Å²) in [5, 5.41) is 12.0. The van der Waals surface area contributed by atoms with E-state index in [0.717, 1.165) is 17.8 Å². The number of nitrogens with zero attached hydrogens (tertiary/aromatic N) is 2. The zero-order valence-electron chi connectivity index (χ0n) is 11.1. The number of aryl methyl sites for hydroxylation is 1. The van der Waals surface area contributed by atoms with Crippen LogP contribution < -0.4 is 5.32 Å². The van der Waals surface area contributed by atoms with Crippen LogP contribution >= 0.6 is 0 Å². The normalized spacial score (nSPS) is 12.5. The summed E-state index contributed by atoms with van der Waals surface area (Å²) in [6, 6.07) is 11.1. The second-order valence-corrected chi connectivity index (χ2v) is 4.49. The smallest absolute Gasteiger partial charge is 0.365 e. The first-order chi connectivity index (χ1) is 9.90. The van der Waals surface area contributed by atoms with Gasteiger partial charge in [0.25, 0.3) is 0 Å². The number of halogens is 3. The highest BCUT2D eigenvalue weighted by Gasteiger charge is 2.30. The summed E-state index contributed by atoms with van der Waals surface area (Å²) in [4.78, 5) is 4.23. The van der Waals surface area contributed by atoms with Crippen LogP contribution in [0.2, 0.25) is 0 Å². The Morgan fingerprint density at radius 3 is 2.33 bits per heavy atom. The van der Waals surface area contributed by atoms with Crippen LogP contribution in [0.1, 0.15) is 23.0 Å². The van der Waals surface area contributed by atoms with Gasteiger partial charge in [0, 0.05) is 11.4 Å². The third kappa shape index (κ3) is 3.72. The van der Waals surface area contributed by atoms with Crippen LogP contribution in [0.15, 0.2) is 42.5 Å². The highest BCUT2D eigenvalue weighted by Crippen LogP contribution is 2.30. The molecule has 0 amide bonds. The maximum absolute atomic E-state index is 12.5. The van der Waals surface area contributed by atoms with E-state index in [1.165, 1.54) is 12.1 Å². The van der Waals surface area contributed by atoms with Crippen LogP contribution in [0.4, 0.5) is 18.9 Å². The molecule has 0 aliphatic carbocycles. The Kier molecular flexibility index (Phi) is 4.13. The number of aromatic nitrogens is 1. The number of anilines is 1. The first kappa shape index (κ1) is 14.9. The summed E-state index contributed by atoms with van der Waals surface area (Å²) in [6.07, 6.45) is -4.37. The fourth-order valence-electron chi connectivity index (χ4n) is 1.82. The summed E-state index contributed by atoms with van der Waals surface area (Å²) < 4.78 is 37.4. The van der Waals surface area contributed by atoms with E-state index in [2.05, 4.69) is 10.3 Å². The Hall–Kier alpha value is -2.55. The minimum absolute atomic E-state index is 0.429. The third-order valence-corrected chi connectivity index (χ3v) is 2.86. The SMILES string of the molecule is Cc1cccc(C(C#N)Nc2ccc(C(F)(F)F)cc2)n1. The van der Waals surface area contributed by atoms with Gasteiger partial charge >= 0.3 is 6.18 Å². The Morgan fingerprint density at radius 2 is 1.81 bits per heavy atom. The second kappa shape index (κ2) is 5.83. The molecule has 0 saturated heterocycles. The molecule has 3 nitrogen and oxygen atoms in total. The van der Waals surface area contributed by atoms with Crippen LogP contribution in [0.25, 0.3) is 0 Å². The first-order valence-corrected chi connectivity index (χ1v) is 6.17. The van der Waals surface area contributed by atoms with Crippen molar-refractivity contribution in [1.29, 1.82) is 5.26 Å². The van der Waals surface area contributed by atoms with Gasteiger partial charge in [-0.3, -0.25) is 4.98 Å². The van der Waals surface area contributed by atoms with Crippen molar-refractivity contribution in [2.24, 2.45) is 0 Å². The molecule has 1 aromatic heterocycles. The number of nitrogens with one attached hydrogen (secondary N) is 1. The minimum Gasteiger partial charge on any atom is -0.365 e. The Balaban J connectivity index is 2.18. The summed E-state index contributed by atoms with van der Waals surface area (Å²) in [6.45, 7) is 1.80. The van der Waals surface area contributed by atoms with Crippen molar-refractivity contribution >= 4 is 5.69 Å². The van der Waals surface area contributed by atoms with Gasteiger partial charge < -0.3 is 5.32 Å². The number of nitriles is 1. The lowest BCUT2D eigenvalue weighted by Gasteiger charge is -2.14. The van der Waals surface area contributed by atoms with Gasteiger partial charge in [0.15, 0.2) is 6.04 Å². The molecule has 1 N–H and O–H groups in total. The van der Waals surface area contributed by atoms with E-state index >= 15 is 0 Å². The minimum atomic E-state index is -4.37. The standard InChI is InChI=1S/C15H12F3N3/c1-10-3-2-4-13(20-10)14(9-19)21-12-7-5-11(6-8-12)15(16,17)18/h2-8,14,21H,1H3. The molecular formula is C15H12F3N3. The van der Waals surface area contributed by atoms with Crippen molar-refractivity contribution in [3.8, 4) is 6.07 Å². The topological polar surface area (TPSA) is 48.7 Å². The number of pyridine rings is 1. The van der Waals surface area contributed by atoms with Gasteiger partial charge in [0.1, 0.15) is 0 Å². The summed E-state index contributed by atoms with van der Waals surface area (Å²) in [5.74, 6) is 0. The molecule has 0 fully saturated rings. The molecule has 1 atom stereocenters. The molecule has 21 heavy (non-hydrogen) atoms. The van der Waals surface area contributed by atoms with E-state index in [9.17, 15) is 18.4 Å². The van der Waals surface area contributed by atoms with Gasteiger partial charge in [-0.15, -0.1) is 0 Å². The van der Waals surface area contributed by atoms with E-state index in [4.69, 9.17) is 0 Å². The molecule has 0 saturated carbocycles. The largest absolute Gasteiger partial charge is 0.416 e. The molecule has 1 unspecified atom stereocenters. The zero-order valence-corrected chi connectivity index (χ0v) is 11.1. The molecular weight excluding hydrogens is 279 g/mol. The molecule has 0 radical (unpaired) electrons. The molecule has 0 aliphatic heterocycles. The molecule has 2 aromatic rings. The average Bonchev–Trinajstić information content (AvgIpc) is 2.44. The number of rotatable bonds is 3. The lowest BCUT2D eigenvalue weighted by molar-refractivity contribution is -0.137. The molecule has 2 rings (SSSR count). The Morgan fingerprint density at radius 1 is 1.14 bits per heavy atom. The van der Waals surface area contributed by atoms with E-state index in [1.54, 1.807) is 25.1 Å². The van der Waals surface area contributed by atoms with Gasteiger partial charge in [-0.25, -0.2) is 0 Å². The summed E-state index contributed by atoms with van der Waals surface area (Å²) in [5.41, 5.74) is 0.993. The number of alkyl halides is 3. The molecule has 6 heteroatoms. The van der Waals surface area contributed by atoms with Crippen molar-refractivity contribution in [3.05, 3.63) is 59.4 Å². The Bertz CT molecular complexity index is 657. The van der Waals surface area contributed by atoms with E-state index in [-0.39, 0.29) is 0 Å². The Labute approximate surface area is 120 Å². The van der Waals surface area contributed by atoms with Gasteiger partial charge in [0.05, 0.1) is 17.3 Å². The van der Waals surface area contributed by atoms with Crippen LogP contribution in [-0.4, -0.2) is 4.98 Å². The predicted molar refractivity (Wildman–Crippen MR) is 72.4 cm³/mol. The van der Waals surface area contributed by atoms with Crippen molar-refractivity contribution in [1.82, 2.24) is 4.98 Å². The highest BCUT2D eigenvalue weighted by molar-refractivity contribution is 5.48. The van der Waals surface area contributed by atoms with Gasteiger partial charge in [-0.2, -0.15) is 18.4 Å². The maximum atomic E-state index is 12.5. The van der Waals surface area contributed by atoms with Crippen LogP contribution in [-0.2, 0) is 6.18 Å². The van der Waals surface area contributed by atoms with Gasteiger partial charge in [-0.05, 0) is 43.3 Å². The molecule has 0 aliphatic rings. The van der Waals surface area contributed by atoms with Crippen LogP contribution in [0.3, 0.4) is 0 Å². The van der Waals surface area contributed by atoms with E-state index < -0.39 is 17.8 Å². The van der Waals surface area contributed by atoms with Crippen molar-refractivity contribution < 1.29 is 13.2 Å². The number of hydrogen-bond acceptors (Lipinski definition) is 3. The first-order valence-electron chi connectivity index (χ1n) is 6.17. The predicted octanol–water partition coefficient (Wildman–Crippen LogP) is 4.09. The van der Waals surface area contributed by atoms with Crippen LogP contribution in [0.5, 0.6) is 0 Å². The maximum Gasteiger partial charge on any atom is 0.416 e. The fourth-order valence-corrected chi connectivity index (χ4v) is 1.82. The third-order valence-electron chi connectivity index (χ3n) is 2.86. The van der Waals surface area contributed by atoms with Crippen LogP contribution in [0, 0.1) is 18.3 Å². The van der Waals surface area contributed by atoms with Gasteiger partial charge in [-0.1, -0.05) is 6.07 Å². The average molecular weight is 291 g/mol. The zero-order chi connectivity index (χ0) is 15.5. The fraction of sp³-hybridized carbons (Fsp3) is 0.200. The molecule has 0 bridgehead atoms. The quantitative estimate of drug-likeness (QED) is 0.926. The number of hydrogen-bond donors (Lipinski definition) is 1. The van der Waals surface area contributed by atoms with E-state index in [1.807, 2.05) is 6.07 Å². The molecule has 1 aromatic carbocycles. The van der Waals surface area contributed by atoms with Crippen molar-refractivity contribution in [2.75, 3.05) is 5.32 Å². The lowest BCUT2D eigenvalue weighted by Crippen LogP contribution is -2.11.